The lowest BCUT2D eigenvalue weighted by molar-refractivity contribution is -0.00938. The van der Waals surface area contributed by atoms with Crippen LogP contribution in [0.4, 0.5) is 0 Å². The highest BCUT2D eigenvalue weighted by molar-refractivity contribution is 5.97. The highest BCUT2D eigenvalue weighted by atomic mass is 16.6. The van der Waals surface area contributed by atoms with Gasteiger partial charge in [-0.2, -0.15) is 0 Å². The van der Waals surface area contributed by atoms with Crippen molar-refractivity contribution >= 4 is 8.05 Å². The van der Waals surface area contributed by atoms with Crippen LogP contribution in [0.3, 0.4) is 0 Å². The largest absolute Gasteiger partial charge is 0.445 e. The van der Waals surface area contributed by atoms with Gasteiger partial charge in [-0.3, -0.25) is 0 Å². The molecule has 0 saturated carbocycles. The van der Waals surface area contributed by atoms with Crippen LogP contribution in [0.25, 0.3) is 0 Å². The van der Waals surface area contributed by atoms with Crippen LogP contribution in [0.1, 0.15) is 6.92 Å². The number of aliphatic hydroxyl groups is 2. The molecule has 1 aliphatic heterocycles. The van der Waals surface area contributed by atoms with Crippen LogP contribution in [-0.2, 0) is 9.39 Å². The number of aliphatic hydroxyl groups excluding tert-OH is 2. The van der Waals surface area contributed by atoms with Crippen LogP contribution in [0.2, 0.25) is 0 Å². The summed E-state index contributed by atoms with van der Waals surface area (Å²) in [5, 5.41) is 18.4. The van der Waals surface area contributed by atoms with Crippen molar-refractivity contribution in [3.63, 3.8) is 0 Å². The zero-order valence-electron chi connectivity index (χ0n) is 6.30. The Labute approximate surface area is 66.6 Å². The Balaban J connectivity index is 2.45. The van der Waals surface area contributed by atoms with Crippen LogP contribution in [0, 0.1) is 0 Å². The van der Waals surface area contributed by atoms with E-state index in [4.69, 9.17) is 12.8 Å². The molecule has 0 aromatic rings. The molecule has 0 aliphatic carbocycles. The van der Waals surface area contributed by atoms with E-state index in [0.29, 0.717) is 0 Å². The summed E-state index contributed by atoms with van der Waals surface area (Å²) in [5.74, 6) is 0. The van der Waals surface area contributed by atoms with Gasteiger partial charge in [0.15, 0.2) is 0 Å². The molecule has 62 valence electrons. The minimum absolute atomic E-state index is 0.0998. The summed E-state index contributed by atoms with van der Waals surface area (Å²) < 4.78 is 9.42. The number of ether oxygens (including phenoxy) is 1. The van der Waals surface area contributed by atoms with Crippen LogP contribution < -0.4 is 0 Å². The fraction of sp³-hybridized carbons (Fsp3) is 1.00. The number of hydrogen-bond donors (Lipinski definition) is 2. The first-order valence-electron chi connectivity index (χ1n) is 3.50. The highest BCUT2D eigenvalue weighted by Crippen LogP contribution is 2.20. The van der Waals surface area contributed by atoms with E-state index in [1.807, 2.05) is 0 Å². The van der Waals surface area contributed by atoms with Crippen molar-refractivity contribution in [1.29, 1.82) is 0 Å². The van der Waals surface area contributed by atoms with Crippen molar-refractivity contribution in [3.8, 4) is 0 Å². The molecule has 1 aliphatic rings. The zero-order valence-corrected chi connectivity index (χ0v) is 6.30. The molecule has 1 saturated heterocycles. The first-order chi connectivity index (χ1) is 5.16. The maximum absolute atomic E-state index is 9.25. The molecule has 0 spiro atoms. The second-order valence-electron chi connectivity index (χ2n) is 2.69. The summed E-state index contributed by atoms with van der Waals surface area (Å²) in [6, 6.07) is 0. The van der Waals surface area contributed by atoms with Gasteiger partial charge in [0.25, 0.3) is 8.05 Å². The average Bonchev–Trinajstić information content (AvgIpc) is 2.19. The third kappa shape index (κ3) is 1.73. The lowest BCUT2D eigenvalue weighted by Gasteiger charge is -2.12. The van der Waals surface area contributed by atoms with Crippen molar-refractivity contribution < 1.29 is 19.6 Å². The van der Waals surface area contributed by atoms with E-state index >= 15 is 0 Å². The van der Waals surface area contributed by atoms with Gasteiger partial charge in [0.05, 0.1) is 12.7 Å². The summed E-state index contributed by atoms with van der Waals surface area (Å²) >= 11 is 0. The molecule has 1 rings (SSSR count). The topological polar surface area (TPSA) is 58.9 Å². The van der Waals surface area contributed by atoms with Gasteiger partial charge in [-0.1, -0.05) is 0 Å². The van der Waals surface area contributed by atoms with Crippen LogP contribution in [-0.4, -0.2) is 49.3 Å². The summed E-state index contributed by atoms with van der Waals surface area (Å²) in [4.78, 5) is 0. The van der Waals surface area contributed by atoms with Crippen molar-refractivity contribution in [3.05, 3.63) is 0 Å². The van der Waals surface area contributed by atoms with Gasteiger partial charge in [0.2, 0.25) is 0 Å². The molecule has 5 heteroatoms. The zero-order chi connectivity index (χ0) is 8.43. The van der Waals surface area contributed by atoms with Gasteiger partial charge < -0.3 is 19.6 Å². The lowest BCUT2D eigenvalue weighted by Crippen LogP contribution is -2.33. The fourth-order valence-corrected chi connectivity index (χ4v) is 1.17. The molecule has 1 fully saturated rings. The molecule has 4 nitrogen and oxygen atoms in total. The average molecular weight is 158 g/mol. The standard InChI is InChI=1S/C6H11BO4/c1-3-5(8)6(9)4(11-3)2-10-7/h3-6,8-9H,2H2,1H3/t3-,4+,5?,6-/m0/s1. The Morgan fingerprint density at radius 2 is 2.09 bits per heavy atom. The predicted molar refractivity (Wildman–Crippen MR) is 38.1 cm³/mol. The Morgan fingerprint density at radius 1 is 1.45 bits per heavy atom. The van der Waals surface area contributed by atoms with Crippen molar-refractivity contribution in [1.82, 2.24) is 0 Å². The molecule has 0 amide bonds. The fourth-order valence-electron chi connectivity index (χ4n) is 1.17. The second kappa shape index (κ2) is 3.54. The van der Waals surface area contributed by atoms with E-state index in [0.717, 1.165) is 0 Å². The first kappa shape index (κ1) is 9.00. The SMILES string of the molecule is [B]OC[C@H]1O[C@@H](C)C(O)[C@H]1O. The predicted octanol–water partition coefficient (Wildman–Crippen LogP) is -1.40. The van der Waals surface area contributed by atoms with E-state index < -0.39 is 18.3 Å². The Morgan fingerprint density at radius 3 is 2.45 bits per heavy atom. The second-order valence-corrected chi connectivity index (χ2v) is 2.69. The monoisotopic (exact) mass is 158 g/mol. The van der Waals surface area contributed by atoms with Gasteiger partial charge in [0.1, 0.15) is 18.3 Å². The molecule has 2 N–H and O–H groups in total. The molecule has 2 radical (unpaired) electrons. The maximum Gasteiger partial charge on any atom is 0.282 e. The molecule has 0 bridgehead atoms. The Hall–Kier alpha value is -0.0951. The normalized spacial score (nSPS) is 44.6. The summed E-state index contributed by atoms with van der Waals surface area (Å²) in [6.45, 7) is 1.78. The lowest BCUT2D eigenvalue weighted by atomic mass is 10.1. The first-order valence-corrected chi connectivity index (χ1v) is 3.50. The number of rotatable bonds is 2. The van der Waals surface area contributed by atoms with Crippen LogP contribution >= 0.6 is 0 Å². The molecule has 4 atom stereocenters. The van der Waals surface area contributed by atoms with Gasteiger partial charge in [-0.25, -0.2) is 0 Å². The number of hydrogen-bond acceptors (Lipinski definition) is 4. The van der Waals surface area contributed by atoms with Gasteiger partial charge in [-0.15, -0.1) is 0 Å². The van der Waals surface area contributed by atoms with Crippen molar-refractivity contribution in [2.75, 3.05) is 6.61 Å². The third-order valence-corrected chi connectivity index (χ3v) is 1.86. The molecule has 1 unspecified atom stereocenters. The Kier molecular flexibility index (Phi) is 2.89. The van der Waals surface area contributed by atoms with E-state index in [9.17, 15) is 10.2 Å². The van der Waals surface area contributed by atoms with E-state index in [-0.39, 0.29) is 12.7 Å². The van der Waals surface area contributed by atoms with Crippen molar-refractivity contribution in [2.45, 2.75) is 31.3 Å². The van der Waals surface area contributed by atoms with E-state index in [1.165, 1.54) is 0 Å². The van der Waals surface area contributed by atoms with E-state index in [1.54, 1.807) is 6.92 Å². The molecular weight excluding hydrogens is 147 g/mol. The molecule has 11 heavy (non-hydrogen) atoms. The molecule has 0 aromatic heterocycles. The maximum atomic E-state index is 9.25. The van der Waals surface area contributed by atoms with Gasteiger partial charge >= 0.3 is 0 Å². The van der Waals surface area contributed by atoms with Crippen LogP contribution in [0.15, 0.2) is 0 Å². The third-order valence-electron chi connectivity index (χ3n) is 1.86. The minimum Gasteiger partial charge on any atom is -0.445 e. The molecular formula is C6H11BO4. The summed E-state index contributed by atoms with van der Waals surface area (Å²) in [5.41, 5.74) is 0. The molecule has 1 heterocycles. The minimum atomic E-state index is -0.895. The van der Waals surface area contributed by atoms with Gasteiger partial charge in [-0.05, 0) is 6.92 Å². The molecule has 0 aromatic carbocycles. The van der Waals surface area contributed by atoms with Gasteiger partial charge in [0, 0.05) is 0 Å². The highest BCUT2D eigenvalue weighted by Gasteiger charge is 2.39. The van der Waals surface area contributed by atoms with E-state index in [2.05, 4.69) is 4.65 Å². The van der Waals surface area contributed by atoms with Crippen molar-refractivity contribution in [2.24, 2.45) is 0 Å². The smallest absolute Gasteiger partial charge is 0.282 e. The summed E-state index contributed by atoms with van der Waals surface area (Å²) in [7, 11) is 4.79. The van der Waals surface area contributed by atoms with Crippen LogP contribution in [0.5, 0.6) is 0 Å². The quantitative estimate of drug-likeness (QED) is 0.485. The summed E-state index contributed by atoms with van der Waals surface area (Å²) in [6.07, 6.45) is -2.60. The Bertz CT molecular complexity index is 132.